The molecule has 0 aliphatic carbocycles. The van der Waals surface area contributed by atoms with E-state index in [9.17, 15) is 14.0 Å². The molecule has 0 radical (unpaired) electrons. The molecule has 0 saturated carbocycles. The Morgan fingerprint density at radius 1 is 1.52 bits per heavy atom. The van der Waals surface area contributed by atoms with Crippen molar-refractivity contribution in [3.05, 3.63) is 24.3 Å². The molecule has 1 atom stereocenters. The first-order valence-corrected chi connectivity index (χ1v) is 6.81. The summed E-state index contributed by atoms with van der Waals surface area (Å²) in [6, 6.07) is -0.713. The van der Waals surface area contributed by atoms with Crippen molar-refractivity contribution in [2.24, 2.45) is 0 Å². The Morgan fingerprint density at radius 2 is 2.19 bits per heavy atom. The Labute approximate surface area is 124 Å². The van der Waals surface area contributed by atoms with E-state index in [0.717, 1.165) is 0 Å². The van der Waals surface area contributed by atoms with Gasteiger partial charge in [-0.15, -0.1) is 0 Å². The first-order chi connectivity index (χ1) is 9.78. The van der Waals surface area contributed by atoms with Gasteiger partial charge in [-0.05, 0) is 20.8 Å². The van der Waals surface area contributed by atoms with Gasteiger partial charge in [0, 0.05) is 18.5 Å². The van der Waals surface area contributed by atoms with Crippen LogP contribution in [0.5, 0.6) is 0 Å². The van der Waals surface area contributed by atoms with Gasteiger partial charge in [-0.3, -0.25) is 4.90 Å². The second-order valence-corrected chi connectivity index (χ2v) is 5.76. The summed E-state index contributed by atoms with van der Waals surface area (Å²) in [5, 5.41) is 0. The number of carbonyl (C=O) groups is 2. The zero-order valence-electron chi connectivity index (χ0n) is 12.7. The van der Waals surface area contributed by atoms with Crippen LogP contribution >= 0.6 is 0 Å². The average Bonchev–Trinajstić information content (AvgIpc) is 2.42. The molecule has 118 valence electrons. The van der Waals surface area contributed by atoms with E-state index in [2.05, 4.69) is 6.58 Å². The van der Waals surface area contributed by atoms with Gasteiger partial charge in [0.05, 0.1) is 6.04 Å². The van der Waals surface area contributed by atoms with Crippen LogP contribution in [0, 0.1) is 0 Å². The van der Waals surface area contributed by atoms with Crippen LogP contribution in [0.4, 0.5) is 9.18 Å². The third-order valence-corrected chi connectivity index (χ3v) is 2.83. The van der Waals surface area contributed by atoms with Gasteiger partial charge in [0.25, 0.3) is 0 Å². The highest BCUT2D eigenvalue weighted by Gasteiger charge is 2.32. The molecule has 1 heterocycles. The fourth-order valence-electron chi connectivity index (χ4n) is 1.89. The summed E-state index contributed by atoms with van der Waals surface area (Å²) in [6.07, 6.45) is 2.52. The highest BCUT2D eigenvalue weighted by Crippen LogP contribution is 2.22. The molecular formula is C15H22FNO4. The molecule has 0 N–H and O–H groups in total. The monoisotopic (exact) mass is 299 g/mol. The lowest BCUT2D eigenvalue weighted by Gasteiger charge is -2.32. The van der Waals surface area contributed by atoms with Crippen LogP contribution in [0.15, 0.2) is 24.3 Å². The van der Waals surface area contributed by atoms with E-state index in [1.54, 1.807) is 26.8 Å². The van der Waals surface area contributed by atoms with Gasteiger partial charge >= 0.3 is 12.1 Å². The van der Waals surface area contributed by atoms with Gasteiger partial charge in [-0.1, -0.05) is 18.7 Å². The minimum absolute atomic E-state index is 0.0664. The molecule has 0 unspecified atom stereocenters. The van der Waals surface area contributed by atoms with E-state index < -0.39 is 30.4 Å². The maximum Gasteiger partial charge on any atom is 0.410 e. The molecule has 0 bridgehead atoms. The number of hydrogen-bond acceptors (Lipinski definition) is 4. The van der Waals surface area contributed by atoms with E-state index in [-0.39, 0.29) is 19.6 Å². The predicted molar refractivity (Wildman–Crippen MR) is 76.6 cm³/mol. The third kappa shape index (κ3) is 5.21. The average molecular weight is 299 g/mol. The molecule has 0 aromatic carbocycles. The Hall–Kier alpha value is -1.85. The quantitative estimate of drug-likeness (QED) is 0.591. The summed E-state index contributed by atoms with van der Waals surface area (Å²) in [5.74, 6) is -0.472. The Morgan fingerprint density at radius 3 is 2.71 bits per heavy atom. The summed E-state index contributed by atoms with van der Waals surface area (Å²) in [7, 11) is 0. The Balaban J connectivity index is 2.74. The molecule has 0 aromatic heterocycles. The first kappa shape index (κ1) is 17.2. The first-order valence-electron chi connectivity index (χ1n) is 6.81. The topological polar surface area (TPSA) is 55.8 Å². The molecular weight excluding hydrogens is 277 g/mol. The van der Waals surface area contributed by atoms with Crippen LogP contribution in [-0.2, 0) is 14.3 Å². The lowest BCUT2D eigenvalue weighted by molar-refractivity contribution is -0.150. The van der Waals surface area contributed by atoms with E-state index in [0.29, 0.717) is 5.57 Å². The molecule has 6 heteroatoms. The minimum atomic E-state index is -0.747. The largest absolute Gasteiger partial charge is 0.457 e. The molecule has 5 nitrogen and oxygen atoms in total. The molecule has 0 aromatic rings. The fraction of sp³-hybridized carbons (Fsp3) is 0.600. The number of esters is 1. The van der Waals surface area contributed by atoms with Gasteiger partial charge in [-0.25, -0.2) is 14.0 Å². The summed E-state index contributed by atoms with van der Waals surface area (Å²) in [6.45, 7) is 8.18. The highest BCUT2D eigenvalue weighted by atomic mass is 19.1. The molecule has 0 saturated heterocycles. The Kier molecular flexibility index (Phi) is 5.93. The third-order valence-electron chi connectivity index (χ3n) is 2.83. The smallest absolute Gasteiger partial charge is 0.410 e. The summed E-state index contributed by atoms with van der Waals surface area (Å²) >= 11 is 0. The predicted octanol–water partition coefficient (Wildman–Crippen LogP) is 2.62. The van der Waals surface area contributed by atoms with Crippen LogP contribution < -0.4 is 0 Å². The zero-order chi connectivity index (χ0) is 16.0. The standard InChI is InChI=1S/C15H22FNO4/c1-5-8-20-14(19)17-7-6-11(9-12(17)10-16)13(18)21-15(2,3)4/h5-6,12H,1,7-10H2,2-4H3/t12-/m0/s1. The number of carbonyl (C=O) groups excluding carboxylic acids is 2. The molecule has 21 heavy (non-hydrogen) atoms. The molecule has 1 aliphatic heterocycles. The van der Waals surface area contributed by atoms with Crippen LogP contribution in [-0.4, -0.2) is 48.4 Å². The van der Waals surface area contributed by atoms with Crippen molar-refractivity contribution in [2.45, 2.75) is 38.8 Å². The summed E-state index contributed by atoms with van der Waals surface area (Å²) in [5.41, 5.74) is -0.219. The van der Waals surface area contributed by atoms with E-state index >= 15 is 0 Å². The van der Waals surface area contributed by atoms with Crippen molar-refractivity contribution in [1.29, 1.82) is 0 Å². The molecule has 0 fully saturated rings. The van der Waals surface area contributed by atoms with Crippen LogP contribution in [0.2, 0.25) is 0 Å². The van der Waals surface area contributed by atoms with Gasteiger partial charge in [0.15, 0.2) is 0 Å². The van der Waals surface area contributed by atoms with Crippen molar-refractivity contribution >= 4 is 12.1 Å². The number of hydrogen-bond donors (Lipinski definition) is 0. The van der Waals surface area contributed by atoms with Crippen LogP contribution in [0.3, 0.4) is 0 Å². The summed E-state index contributed by atoms with van der Waals surface area (Å²) in [4.78, 5) is 25.0. The number of alkyl halides is 1. The maximum atomic E-state index is 13.1. The lowest BCUT2D eigenvalue weighted by Crippen LogP contribution is -2.45. The minimum Gasteiger partial charge on any atom is -0.457 e. The van der Waals surface area contributed by atoms with Crippen LogP contribution in [0.1, 0.15) is 27.2 Å². The van der Waals surface area contributed by atoms with Gasteiger partial charge in [0.1, 0.15) is 18.9 Å². The number of rotatable bonds is 4. The normalized spacial score (nSPS) is 18.8. The van der Waals surface area contributed by atoms with E-state index in [1.807, 2.05) is 0 Å². The molecule has 1 amide bonds. The zero-order valence-corrected chi connectivity index (χ0v) is 12.7. The van der Waals surface area contributed by atoms with Gasteiger partial charge in [0.2, 0.25) is 0 Å². The van der Waals surface area contributed by atoms with E-state index in [1.165, 1.54) is 11.0 Å². The van der Waals surface area contributed by atoms with Crippen molar-refractivity contribution < 1.29 is 23.5 Å². The second-order valence-electron chi connectivity index (χ2n) is 5.76. The fourth-order valence-corrected chi connectivity index (χ4v) is 1.89. The van der Waals surface area contributed by atoms with Crippen molar-refractivity contribution in [2.75, 3.05) is 19.8 Å². The molecule has 1 rings (SSSR count). The van der Waals surface area contributed by atoms with Crippen molar-refractivity contribution in [3.63, 3.8) is 0 Å². The lowest BCUT2D eigenvalue weighted by atomic mass is 10.0. The number of amides is 1. The second kappa shape index (κ2) is 7.24. The number of nitrogens with zero attached hydrogens (tertiary/aromatic N) is 1. The van der Waals surface area contributed by atoms with Gasteiger partial charge < -0.3 is 9.47 Å². The van der Waals surface area contributed by atoms with Crippen LogP contribution in [0.25, 0.3) is 0 Å². The molecule has 0 spiro atoms. The summed E-state index contributed by atoms with van der Waals surface area (Å²) < 4.78 is 23.3. The number of ether oxygens (including phenoxy) is 2. The van der Waals surface area contributed by atoms with Gasteiger partial charge in [-0.2, -0.15) is 0 Å². The highest BCUT2D eigenvalue weighted by molar-refractivity contribution is 5.89. The SMILES string of the molecule is C=CCOC(=O)N1CC=C(C(=O)OC(C)(C)C)C[C@H]1CF. The number of halogens is 1. The molecule has 1 aliphatic rings. The Bertz CT molecular complexity index is 439. The maximum absolute atomic E-state index is 13.1. The van der Waals surface area contributed by atoms with E-state index in [4.69, 9.17) is 9.47 Å². The van der Waals surface area contributed by atoms with Crippen molar-refractivity contribution in [1.82, 2.24) is 4.90 Å². The van der Waals surface area contributed by atoms with Crippen molar-refractivity contribution in [3.8, 4) is 0 Å².